The first-order valence-corrected chi connectivity index (χ1v) is 8.32. The average Bonchev–Trinajstić information content (AvgIpc) is 2.74. The maximum absolute atomic E-state index is 6.36. The topological polar surface area (TPSA) is 47.1 Å². The molecule has 0 amide bonds. The van der Waals surface area contributed by atoms with Crippen LogP contribution in [0.25, 0.3) is 0 Å². The van der Waals surface area contributed by atoms with Gasteiger partial charge >= 0.3 is 0 Å². The quantitative estimate of drug-likeness (QED) is 0.921. The van der Waals surface area contributed by atoms with E-state index in [2.05, 4.69) is 21.6 Å². The van der Waals surface area contributed by atoms with Gasteiger partial charge in [-0.05, 0) is 44.9 Å². The molecule has 0 bridgehead atoms. The van der Waals surface area contributed by atoms with Crippen LogP contribution in [0.15, 0.2) is 0 Å². The minimum Gasteiger partial charge on any atom is -0.394 e. The molecule has 20 heavy (non-hydrogen) atoms. The number of anilines is 2. The predicted octanol–water partition coefficient (Wildman–Crippen LogP) is 3.34. The molecular formula is C16H28N4. The molecule has 2 fully saturated rings. The molecule has 1 saturated heterocycles. The molecule has 1 aromatic heterocycles. The van der Waals surface area contributed by atoms with Crippen LogP contribution >= 0.6 is 0 Å². The highest BCUT2D eigenvalue weighted by Gasteiger charge is 2.35. The van der Waals surface area contributed by atoms with E-state index in [0.717, 1.165) is 36.8 Å². The van der Waals surface area contributed by atoms with Crippen molar-refractivity contribution in [3.63, 3.8) is 0 Å². The zero-order valence-electron chi connectivity index (χ0n) is 12.9. The van der Waals surface area contributed by atoms with Crippen molar-refractivity contribution < 1.29 is 0 Å². The maximum Gasteiger partial charge on any atom is 0.150 e. The summed E-state index contributed by atoms with van der Waals surface area (Å²) in [7, 11) is 0. The Kier molecular flexibility index (Phi) is 3.90. The third-order valence-electron chi connectivity index (χ3n) is 5.10. The van der Waals surface area contributed by atoms with Crippen molar-refractivity contribution in [2.45, 2.75) is 71.4 Å². The van der Waals surface area contributed by atoms with Crippen molar-refractivity contribution in [2.24, 2.45) is 5.92 Å². The van der Waals surface area contributed by atoms with Crippen molar-refractivity contribution >= 4 is 11.5 Å². The molecule has 2 heterocycles. The van der Waals surface area contributed by atoms with Crippen LogP contribution in [0.1, 0.15) is 57.6 Å². The van der Waals surface area contributed by atoms with Crippen LogP contribution < -0.4 is 10.6 Å². The lowest BCUT2D eigenvalue weighted by Crippen LogP contribution is -2.48. The van der Waals surface area contributed by atoms with Crippen LogP contribution in [0.2, 0.25) is 0 Å². The number of rotatable bonds is 3. The largest absolute Gasteiger partial charge is 0.394 e. The molecule has 112 valence electrons. The number of nitrogen functional groups attached to an aromatic ring is 1. The fourth-order valence-corrected chi connectivity index (χ4v) is 4.14. The lowest BCUT2D eigenvalue weighted by atomic mass is 9.78. The Balaban J connectivity index is 1.94. The van der Waals surface area contributed by atoms with E-state index in [1.807, 2.05) is 6.92 Å². The van der Waals surface area contributed by atoms with Gasteiger partial charge in [0.25, 0.3) is 0 Å². The average molecular weight is 276 g/mol. The summed E-state index contributed by atoms with van der Waals surface area (Å²) in [5.74, 6) is 2.09. The van der Waals surface area contributed by atoms with Gasteiger partial charge in [-0.1, -0.05) is 19.8 Å². The number of nitrogens with two attached hydrogens (primary N) is 1. The van der Waals surface area contributed by atoms with E-state index in [0.29, 0.717) is 6.04 Å². The van der Waals surface area contributed by atoms with Gasteiger partial charge in [0.1, 0.15) is 0 Å². The lowest BCUT2D eigenvalue weighted by Gasteiger charge is -2.45. The zero-order valence-corrected chi connectivity index (χ0v) is 12.9. The molecule has 1 aliphatic carbocycles. The first-order valence-electron chi connectivity index (χ1n) is 8.32. The molecular weight excluding hydrogens is 248 g/mol. The van der Waals surface area contributed by atoms with Crippen molar-refractivity contribution in [3.8, 4) is 0 Å². The van der Waals surface area contributed by atoms with Crippen molar-refractivity contribution in [1.29, 1.82) is 0 Å². The molecule has 2 atom stereocenters. The number of piperidine rings is 1. The Morgan fingerprint density at radius 3 is 2.75 bits per heavy atom. The van der Waals surface area contributed by atoms with Crippen molar-refractivity contribution in [3.05, 3.63) is 5.69 Å². The van der Waals surface area contributed by atoms with Crippen molar-refractivity contribution in [2.75, 3.05) is 17.2 Å². The number of fused-ring (bicyclic) bond motifs is 1. The number of hydrogen-bond acceptors (Lipinski definition) is 3. The molecule has 1 aliphatic heterocycles. The predicted molar refractivity (Wildman–Crippen MR) is 84.0 cm³/mol. The van der Waals surface area contributed by atoms with Gasteiger partial charge in [0.2, 0.25) is 0 Å². The highest BCUT2D eigenvalue weighted by molar-refractivity contribution is 5.67. The minimum atomic E-state index is 0.700. The Morgan fingerprint density at radius 2 is 1.95 bits per heavy atom. The molecule has 0 spiro atoms. The molecule has 0 unspecified atom stereocenters. The van der Waals surface area contributed by atoms with Crippen molar-refractivity contribution in [1.82, 2.24) is 9.78 Å². The summed E-state index contributed by atoms with van der Waals surface area (Å²) in [5.41, 5.74) is 8.26. The van der Waals surface area contributed by atoms with Crippen LogP contribution in [0.3, 0.4) is 0 Å². The van der Waals surface area contributed by atoms with Gasteiger partial charge in [-0.25, -0.2) is 4.68 Å². The molecule has 2 aliphatic rings. The molecule has 0 radical (unpaired) electrons. The highest BCUT2D eigenvalue weighted by atomic mass is 15.4. The van der Waals surface area contributed by atoms with Gasteiger partial charge in [0.15, 0.2) is 5.82 Å². The summed E-state index contributed by atoms with van der Waals surface area (Å²) in [6.07, 6.45) is 9.34. The molecule has 4 nitrogen and oxygen atoms in total. The van der Waals surface area contributed by atoms with Crippen LogP contribution in [0, 0.1) is 12.8 Å². The Labute approximate surface area is 122 Å². The van der Waals surface area contributed by atoms with Gasteiger partial charge < -0.3 is 10.6 Å². The normalized spacial score (nSPS) is 26.6. The van der Waals surface area contributed by atoms with Gasteiger partial charge in [0.05, 0.1) is 11.4 Å². The molecule has 4 heteroatoms. The van der Waals surface area contributed by atoms with Crippen LogP contribution in [-0.4, -0.2) is 22.4 Å². The monoisotopic (exact) mass is 276 g/mol. The molecule has 2 N–H and O–H groups in total. The van der Waals surface area contributed by atoms with Gasteiger partial charge in [-0.3, -0.25) is 0 Å². The molecule has 3 rings (SSSR count). The molecule has 1 aromatic rings. The zero-order chi connectivity index (χ0) is 14.1. The lowest BCUT2D eigenvalue weighted by molar-refractivity contribution is 0.241. The molecule has 1 saturated carbocycles. The van der Waals surface area contributed by atoms with E-state index in [9.17, 15) is 0 Å². The first-order chi connectivity index (χ1) is 9.72. The van der Waals surface area contributed by atoms with Crippen LogP contribution in [0.4, 0.5) is 11.5 Å². The fourth-order valence-electron chi connectivity index (χ4n) is 4.14. The third kappa shape index (κ3) is 2.29. The van der Waals surface area contributed by atoms with E-state index in [1.165, 1.54) is 44.3 Å². The summed E-state index contributed by atoms with van der Waals surface area (Å²) in [5, 5.41) is 4.66. The second kappa shape index (κ2) is 5.66. The maximum atomic E-state index is 6.36. The molecule has 0 aromatic carbocycles. The van der Waals surface area contributed by atoms with E-state index in [4.69, 9.17) is 5.73 Å². The highest BCUT2D eigenvalue weighted by Crippen LogP contribution is 2.40. The van der Waals surface area contributed by atoms with Gasteiger partial charge in [-0.2, -0.15) is 5.10 Å². The standard InChI is InChI=1S/C16H28N4/c1-3-10-20-16(15(17)12(2)18-20)19-11-6-8-13-7-4-5-9-14(13)19/h13-14H,3-11,17H2,1-2H3/t13-,14-/m1/s1. The summed E-state index contributed by atoms with van der Waals surface area (Å²) < 4.78 is 2.15. The Morgan fingerprint density at radius 1 is 1.20 bits per heavy atom. The number of nitrogens with zero attached hydrogens (tertiary/aromatic N) is 3. The van der Waals surface area contributed by atoms with E-state index in [-0.39, 0.29) is 0 Å². The second-order valence-corrected chi connectivity index (χ2v) is 6.49. The number of hydrogen-bond donors (Lipinski definition) is 1. The van der Waals surface area contributed by atoms with Gasteiger partial charge in [0, 0.05) is 19.1 Å². The summed E-state index contributed by atoms with van der Waals surface area (Å²) in [4.78, 5) is 2.60. The van der Waals surface area contributed by atoms with E-state index in [1.54, 1.807) is 0 Å². The Bertz CT molecular complexity index is 463. The Hall–Kier alpha value is -1.19. The first kappa shape index (κ1) is 13.8. The van der Waals surface area contributed by atoms with Gasteiger partial charge in [-0.15, -0.1) is 0 Å². The summed E-state index contributed by atoms with van der Waals surface area (Å²) in [6, 6.07) is 0.700. The van der Waals surface area contributed by atoms with E-state index < -0.39 is 0 Å². The SMILES string of the molecule is CCCn1nc(C)c(N)c1N1CCC[C@H]2CCCC[C@H]21. The second-order valence-electron chi connectivity index (χ2n) is 6.49. The van der Waals surface area contributed by atoms with Crippen LogP contribution in [0.5, 0.6) is 0 Å². The summed E-state index contributed by atoms with van der Waals surface area (Å²) in [6.45, 7) is 6.37. The third-order valence-corrected chi connectivity index (χ3v) is 5.10. The fraction of sp³-hybridized carbons (Fsp3) is 0.812. The van der Waals surface area contributed by atoms with Crippen LogP contribution in [-0.2, 0) is 6.54 Å². The number of aromatic nitrogens is 2. The van der Waals surface area contributed by atoms with E-state index >= 15 is 0 Å². The number of aryl methyl sites for hydroxylation is 2. The smallest absolute Gasteiger partial charge is 0.150 e. The summed E-state index contributed by atoms with van der Waals surface area (Å²) >= 11 is 0. The minimum absolute atomic E-state index is 0.700.